The molecule has 3 aromatic rings. The minimum atomic E-state index is -0.706. The molecule has 1 saturated heterocycles. The standard InChI is InChI=1S/C27H26BrN7O3S/c1-4-30-23(39-5-2)13-27-11-18(26(38)32-22-8-6-7-21(28)31-22)35(20(27)12-27)24(37)15-34-19-14-29-10-9-17(19)25(33-34)16(3)36/h4-10,14,18,20H,1-2,11-13,15H2,3H3,(H,31,32,38)/t18-,20+,27-/m0/s1. The van der Waals surface area contributed by atoms with Crippen LogP contribution in [-0.4, -0.2) is 59.4 Å². The number of aromatic nitrogens is 4. The second-order valence-corrected chi connectivity index (χ2v) is 11.4. The van der Waals surface area contributed by atoms with Gasteiger partial charge in [-0.25, -0.2) is 4.98 Å². The van der Waals surface area contributed by atoms with Gasteiger partial charge in [-0.1, -0.05) is 31.0 Å². The Morgan fingerprint density at radius 1 is 1.28 bits per heavy atom. The lowest BCUT2D eigenvalue weighted by atomic mass is 9.95. The fourth-order valence-corrected chi connectivity index (χ4v) is 6.43. The molecule has 1 aliphatic carbocycles. The molecule has 0 spiro atoms. The van der Waals surface area contributed by atoms with E-state index in [1.54, 1.807) is 47.0 Å². The number of pyridine rings is 2. The second kappa shape index (κ2) is 10.9. The number of likely N-dealkylation sites (tertiary alicyclic amines) is 1. The first-order valence-corrected chi connectivity index (χ1v) is 13.9. The zero-order chi connectivity index (χ0) is 27.7. The highest BCUT2D eigenvalue weighted by Gasteiger charge is 2.67. The topological polar surface area (TPSA) is 122 Å². The van der Waals surface area contributed by atoms with Gasteiger partial charge in [-0.05, 0) is 52.4 Å². The lowest BCUT2D eigenvalue weighted by Gasteiger charge is -2.26. The normalized spacial score (nSPS) is 21.9. The second-order valence-electron chi connectivity index (χ2n) is 9.56. The summed E-state index contributed by atoms with van der Waals surface area (Å²) in [6.45, 7) is 8.81. The quantitative estimate of drug-likeness (QED) is 0.163. The molecule has 1 aliphatic heterocycles. The number of nitrogens with one attached hydrogen (secondary N) is 1. The Labute approximate surface area is 237 Å². The highest BCUT2D eigenvalue weighted by molar-refractivity contribution is 9.10. The van der Waals surface area contributed by atoms with Crippen molar-refractivity contribution in [1.29, 1.82) is 0 Å². The van der Waals surface area contributed by atoms with Crippen LogP contribution in [0.1, 0.15) is 36.7 Å². The number of carbonyl (C=O) groups excluding carboxylic acids is 3. The van der Waals surface area contributed by atoms with E-state index in [0.29, 0.717) is 34.2 Å². The number of aliphatic imine (C=N–C) groups is 1. The maximum Gasteiger partial charge on any atom is 0.248 e. The summed E-state index contributed by atoms with van der Waals surface area (Å²) in [5, 5.41) is 10.5. The van der Waals surface area contributed by atoms with E-state index < -0.39 is 6.04 Å². The molecule has 10 nitrogen and oxygen atoms in total. The van der Waals surface area contributed by atoms with Crippen LogP contribution < -0.4 is 5.32 Å². The Balaban J connectivity index is 1.45. The number of fused-ring (bicyclic) bond motifs is 2. The molecule has 0 unspecified atom stereocenters. The van der Waals surface area contributed by atoms with Gasteiger partial charge in [0.1, 0.15) is 28.7 Å². The summed E-state index contributed by atoms with van der Waals surface area (Å²) in [7, 11) is 0. The average Bonchev–Trinajstić information content (AvgIpc) is 3.29. The van der Waals surface area contributed by atoms with E-state index in [0.717, 1.165) is 11.5 Å². The molecule has 2 fully saturated rings. The SMILES string of the molecule is C=CN=C(C[C@@]12C[C@@H](C(=O)Nc3cccc(Br)n3)N(C(=O)Cn3nc(C(C)=O)c4ccncc43)[C@@H]1C2)SC=C. The fraction of sp³-hybridized carbons (Fsp3) is 0.296. The molecule has 2 aliphatic rings. The Morgan fingerprint density at radius 2 is 2.10 bits per heavy atom. The third-order valence-corrected chi connectivity index (χ3v) is 8.24. The lowest BCUT2D eigenvalue weighted by Crippen LogP contribution is -2.46. The molecule has 5 rings (SSSR count). The summed E-state index contributed by atoms with van der Waals surface area (Å²) < 4.78 is 2.08. The number of halogens is 1. The minimum Gasteiger partial charge on any atom is -0.325 e. The van der Waals surface area contributed by atoms with E-state index in [2.05, 4.69) is 54.5 Å². The first-order valence-electron chi connectivity index (χ1n) is 12.3. The molecule has 0 bridgehead atoms. The number of ketones is 1. The number of rotatable bonds is 9. The Hall–Kier alpha value is -3.64. The van der Waals surface area contributed by atoms with Gasteiger partial charge in [-0.3, -0.25) is 29.0 Å². The van der Waals surface area contributed by atoms with Crippen molar-refractivity contribution in [2.75, 3.05) is 5.32 Å². The number of hydrogen-bond donors (Lipinski definition) is 1. The molecule has 0 radical (unpaired) electrons. The molecule has 12 heteroatoms. The van der Waals surface area contributed by atoms with Gasteiger partial charge < -0.3 is 10.2 Å². The maximum atomic E-state index is 13.9. The maximum absolute atomic E-state index is 13.9. The molecule has 200 valence electrons. The van der Waals surface area contributed by atoms with Crippen LogP contribution in [0.3, 0.4) is 0 Å². The molecule has 0 aromatic carbocycles. The monoisotopic (exact) mass is 607 g/mol. The van der Waals surface area contributed by atoms with Gasteiger partial charge in [-0.2, -0.15) is 5.10 Å². The number of anilines is 1. The van der Waals surface area contributed by atoms with Gasteiger partial charge in [0.15, 0.2) is 5.78 Å². The number of thioether (sulfide) groups is 1. The van der Waals surface area contributed by atoms with Crippen LogP contribution in [-0.2, 0) is 16.1 Å². The van der Waals surface area contributed by atoms with E-state index in [9.17, 15) is 14.4 Å². The molecule has 3 atom stereocenters. The minimum absolute atomic E-state index is 0.129. The Kier molecular flexibility index (Phi) is 7.50. The van der Waals surface area contributed by atoms with Crippen molar-refractivity contribution in [2.45, 2.75) is 44.8 Å². The average molecular weight is 609 g/mol. The molecular weight excluding hydrogens is 582 g/mol. The highest BCUT2D eigenvalue weighted by Crippen LogP contribution is 2.62. The third-order valence-electron chi connectivity index (χ3n) is 7.11. The highest BCUT2D eigenvalue weighted by atomic mass is 79.9. The van der Waals surface area contributed by atoms with E-state index in [1.165, 1.54) is 29.6 Å². The van der Waals surface area contributed by atoms with Crippen LogP contribution >= 0.6 is 27.7 Å². The summed E-state index contributed by atoms with van der Waals surface area (Å²) in [6.07, 6.45) is 6.50. The van der Waals surface area contributed by atoms with Gasteiger partial charge in [0.05, 0.1) is 16.8 Å². The summed E-state index contributed by atoms with van der Waals surface area (Å²) in [6, 6.07) is 6.11. The number of piperidine rings is 1. The molecule has 3 aromatic heterocycles. The number of Topliss-reactive ketones (excluding diaryl/α,β-unsaturated/α-hetero) is 1. The number of carbonyl (C=O) groups is 3. The van der Waals surface area contributed by atoms with Crippen molar-refractivity contribution in [3.63, 3.8) is 0 Å². The summed E-state index contributed by atoms with van der Waals surface area (Å²) in [5.41, 5.74) is 0.585. The van der Waals surface area contributed by atoms with Crippen LogP contribution in [0, 0.1) is 5.41 Å². The van der Waals surface area contributed by atoms with Crippen molar-refractivity contribution in [2.24, 2.45) is 10.4 Å². The van der Waals surface area contributed by atoms with Crippen LogP contribution in [0.5, 0.6) is 0 Å². The zero-order valence-electron chi connectivity index (χ0n) is 21.2. The summed E-state index contributed by atoms with van der Waals surface area (Å²) in [4.78, 5) is 54.1. The summed E-state index contributed by atoms with van der Waals surface area (Å²) >= 11 is 4.74. The van der Waals surface area contributed by atoms with Gasteiger partial charge in [0.2, 0.25) is 11.8 Å². The van der Waals surface area contributed by atoms with Crippen LogP contribution in [0.4, 0.5) is 5.82 Å². The van der Waals surface area contributed by atoms with Gasteiger partial charge in [0.25, 0.3) is 0 Å². The molecule has 4 heterocycles. The predicted molar refractivity (Wildman–Crippen MR) is 154 cm³/mol. The van der Waals surface area contributed by atoms with Crippen molar-refractivity contribution >= 4 is 67.1 Å². The third kappa shape index (κ3) is 5.30. The summed E-state index contributed by atoms with van der Waals surface area (Å²) in [5.74, 6) is -0.380. The molecule has 2 amide bonds. The molecule has 39 heavy (non-hydrogen) atoms. The smallest absolute Gasteiger partial charge is 0.248 e. The molecule has 1 N–H and O–H groups in total. The number of hydrogen-bond acceptors (Lipinski definition) is 8. The molecule has 1 saturated carbocycles. The largest absolute Gasteiger partial charge is 0.325 e. The van der Waals surface area contributed by atoms with E-state index in [4.69, 9.17) is 0 Å². The Bertz CT molecular complexity index is 1540. The predicted octanol–water partition coefficient (Wildman–Crippen LogP) is 4.60. The van der Waals surface area contributed by atoms with Crippen molar-refractivity contribution in [3.05, 3.63) is 71.7 Å². The van der Waals surface area contributed by atoms with Gasteiger partial charge in [-0.15, -0.1) is 0 Å². The lowest BCUT2D eigenvalue weighted by molar-refractivity contribution is -0.138. The number of amides is 2. The van der Waals surface area contributed by atoms with Gasteiger partial charge >= 0.3 is 0 Å². The van der Waals surface area contributed by atoms with Crippen LogP contribution in [0.2, 0.25) is 0 Å². The van der Waals surface area contributed by atoms with Crippen molar-refractivity contribution < 1.29 is 14.4 Å². The van der Waals surface area contributed by atoms with Crippen molar-refractivity contribution in [3.8, 4) is 0 Å². The number of nitrogens with zero attached hydrogens (tertiary/aromatic N) is 6. The van der Waals surface area contributed by atoms with Crippen molar-refractivity contribution in [1.82, 2.24) is 24.6 Å². The van der Waals surface area contributed by atoms with E-state index in [1.807, 2.05) is 0 Å². The van der Waals surface area contributed by atoms with Gasteiger partial charge in [0, 0.05) is 42.6 Å². The first kappa shape index (κ1) is 26.9. The molecular formula is C27H26BrN7O3S. The zero-order valence-corrected chi connectivity index (χ0v) is 23.6. The van der Waals surface area contributed by atoms with E-state index in [-0.39, 0.29) is 41.3 Å². The van der Waals surface area contributed by atoms with Crippen LogP contribution in [0.25, 0.3) is 10.9 Å². The first-order chi connectivity index (χ1) is 18.8. The fourth-order valence-electron chi connectivity index (χ4n) is 5.38. The van der Waals surface area contributed by atoms with E-state index >= 15 is 0 Å². The Morgan fingerprint density at radius 3 is 2.82 bits per heavy atom. The van der Waals surface area contributed by atoms with Crippen LogP contribution in [0.15, 0.2) is 71.0 Å².